The summed E-state index contributed by atoms with van der Waals surface area (Å²) in [7, 11) is 0. The van der Waals surface area contributed by atoms with Crippen LogP contribution in [-0.2, 0) is 19.5 Å². The molecule has 1 aliphatic rings. The summed E-state index contributed by atoms with van der Waals surface area (Å²) >= 11 is 6.17. The number of benzene rings is 2. The summed E-state index contributed by atoms with van der Waals surface area (Å²) in [6.07, 6.45) is 4.09. The molecule has 0 saturated carbocycles. The van der Waals surface area contributed by atoms with E-state index in [-0.39, 0.29) is 12.2 Å². The number of anilines is 2. The number of amides is 2. The number of nitrogens with zero attached hydrogens (tertiary/aromatic N) is 4. The van der Waals surface area contributed by atoms with E-state index in [4.69, 9.17) is 11.6 Å². The van der Waals surface area contributed by atoms with Crippen LogP contribution >= 0.6 is 11.6 Å². The zero-order chi connectivity index (χ0) is 20.2. The molecule has 3 aromatic rings. The molecular weight excluding hydrogens is 393 g/mol. The fourth-order valence-corrected chi connectivity index (χ4v) is 3.67. The Labute approximate surface area is 173 Å². The summed E-state index contributed by atoms with van der Waals surface area (Å²) < 4.78 is 16.6. The highest BCUT2D eigenvalue weighted by atomic mass is 35.5. The molecular formula is C21H21ClFN5O. The third-order valence-electron chi connectivity index (χ3n) is 4.99. The number of hydrogen-bond donors (Lipinski definition) is 1. The number of nitrogens with one attached hydrogen (secondary N) is 1. The van der Waals surface area contributed by atoms with Gasteiger partial charge in [-0.1, -0.05) is 42.3 Å². The number of aryl methyl sites for hydroxylation is 1. The quantitative estimate of drug-likeness (QED) is 0.652. The predicted octanol–water partition coefficient (Wildman–Crippen LogP) is 5.04. The van der Waals surface area contributed by atoms with Gasteiger partial charge in [0.2, 0.25) is 0 Å². The van der Waals surface area contributed by atoms with Crippen LogP contribution in [0.4, 0.5) is 20.6 Å². The molecule has 0 atom stereocenters. The van der Waals surface area contributed by atoms with Gasteiger partial charge in [0.1, 0.15) is 11.6 Å². The lowest BCUT2D eigenvalue weighted by atomic mass is 10.2. The maximum atomic E-state index is 14.6. The number of aromatic nitrogens is 3. The Morgan fingerprint density at radius 3 is 2.72 bits per heavy atom. The summed E-state index contributed by atoms with van der Waals surface area (Å²) in [5.41, 5.74) is 0.628. The molecule has 0 radical (unpaired) electrons. The molecule has 8 heteroatoms. The molecule has 1 aliphatic heterocycles. The van der Waals surface area contributed by atoms with Gasteiger partial charge in [0.15, 0.2) is 5.82 Å². The van der Waals surface area contributed by atoms with Gasteiger partial charge in [-0.3, -0.25) is 4.90 Å². The molecule has 0 spiro atoms. The molecule has 2 heterocycles. The van der Waals surface area contributed by atoms with Crippen molar-refractivity contribution >= 4 is 29.0 Å². The Balaban J connectivity index is 1.66. The molecule has 150 valence electrons. The van der Waals surface area contributed by atoms with E-state index in [1.165, 1.54) is 11.0 Å². The average molecular weight is 414 g/mol. The van der Waals surface area contributed by atoms with Gasteiger partial charge >= 0.3 is 6.03 Å². The summed E-state index contributed by atoms with van der Waals surface area (Å²) in [4.78, 5) is 14.4. The third-order valence-corrected chi connectivity index (χ3v) is 5.32. The molecule has 0 fully saturated rings. The Morgan fingerprint density at radius 1 is 1.10 bits per heavy atom. The van der Waals surface area contributed by atoms with E-state index in [0.717, 1.165) is 38.1 Å². The van der Waals surface area contributed by atoms with Crippen LogP contribution in [0.25, 0.3) is 0 Å². The standard InChI is InChI=1S/C21H21ClFN5O/c22-15-8-3-5-10-17(15)24-21(29)28(18-11-6-4-9-16(18)23)14-20-26-25-19-12-2-1-7-13-27(19)20/h3-6,8-11H,1-2,7,12-14H2,(H,24,29). The number of rotatable bonds is 4. The first-order chi connectivity index (χ1) is 14.1. The number of para-hydroxylation sites is 2. The van der Waals surface area contributed by atoms with Crippen molar-refractivity contribution in [1.29, 1.82) is 0 Å². The first-order valence-electron chi connectivity index (χ1n) is 9.62. The molecule has 1 N–H and O–H groups in total. The largest absolute Gasteiger partial charge is 0.326 e. The Hall–Kier alpha value is -2.93. The van der Waals surface area contributed by atoms with E-state index in [2.05, 4.69) is 15.5 Å². The van der Waals surface area contributed by atoms with Gasteiger partial charge in [-0.15, -0.1) is 10.2 Å². The minimum Gasteiger partial charge on any atom is -0.313 e. The van der Waals surface area contributed by atoms with Gasteiger partial charge in [0.25, 0.3) is 0 Å². The topological polar surface area (TPSA) is 63.1 Å². The predicted molar refractivity (Wildman–Crippen MR) is 111 cm³/mol. The number of fused-ring (bicyclic) bond motifs is 1. The highest BCUT2D eigenvalue weighted by Crippen LogP contribution is 2.25. The molecule has 0 bridgehead atoms. The molecule has 1 aromatic heterocycles. The van der Waals surface area contributed by atoms with Crippen molar-refractivity contribution in [2.24, 2.45) is 0 Å². The van der Waals surface area contributed by atoms with Crippen LogP contribution in [0.2, 0.25) is 5.02 Å². The van der Waals surface area contributed by atoms with Crippen LogP contribution in [0.15, 0.2) is 48.5 Å². The monoisotopic (exact) mass is 413 g/mol. The zero-order valence-electron chi connectivity index (χ0n) is 15.8. The van der Waals surface area contributed by atoms with E-state index in [9.17, 15) is 9.18 Å². The fourth-order valence-electron chi connectivity index (χ4n) is 3.49. The van der Waals surface area contributed by atoms with Crippen molar-refractivity contribution in [2.45, 2.75) is 38.8 Å². The van der Waals surface area contributed by atoms with Crippen LogP contribution in [-0.4, -0.2) is 20.8 Å². The van der Waals surface area contributed by atoms with E-state index >= 15 is 0 Å². The number of carbonyl (C=O) groups is 1. The third kappa shape index (κ3) is 4.24. The van der Waals surface area contributed by atoms with Gasteiger partial charge in [0, 0.05) is 13.0 Å². The minimum atomic E-state index is -0.492. The van der Waals surface area contributed by atoms with Crippen LogP contribution in [0.1, 0.15) is 30.9 Å². The second-order valence-electron chi connectivity index (χ2n) is 6.94. The van der Waals surface area contributed by atoms with Gasteiger partial charge in [-0.2, -0.15) is 0 Å². The summed E-state index contributed by atoms with van der Waals surface area (Å²) in [5, 5.41) is 11.7. The lowest BCUT2D eigenvalue weighted by Gasteiger charge is -2.24. The minimum absolute atomic E-state index is 0.101. The van der Waals surface area contributed by atoms with E-state index in [1.807, 2.05) is 4.57 Å². The van der Waals surface area contributed by atoms with Crippen molar-refractivity contribution in [3.63, 3.8) is 0 Å². The van der Waals surface area contributed by atoms with Crippen molar-refractivity contribution in [3.05, 3.63) is 71.0 Å². The maximum Gasteiger partial charge on any atom is 0.326 e. The van der Waals surface area contributed by atoms with Crippen molar-refractivity contribution < 1.29 is 9.18 Å². The molecule has 4 rings (SSSR count). The molecule has 0 saturated heterocycles. The number of halogens is 2. The maximum absolute atomic E-state index is 14.6. The summed E-state index contributed by atoms with van der Waals surface area (Å²) in [6.45, 7) is 0.902. The highest BCUT2D eigenvalue weighted by Gasteiger charge is 2.24. The van der Waals surface area contributed by atoms with Crippen LogP contribution in [0.5, 0.6) is 0 Å². The molecule has 2 amide bonds. The summed E-state index contributed by atoms with van der Waals surface area (Å²) in [5.74, 6) is 1.06. The number of urea groups is 1. The van der Waals surface area contributed by atoms with Crippen molar-refractivity contribution in [1.82, 2.24) is 14.8 Å². The molecule has 2 aromatic carbocycles. The lowest BCUT2D eigenvalue weighted by molar-refractivity contribution is 0.256. The second kappa shape index (κ2) is 8.61. The van der Waals surface area contributed by atoms with Crippen molar-refractivity contribution in [2.75, 3.05) is 10.2 Å². The lowest BCUT2D eigenvalue weighted by Crippen LogP contribution is -2.36. The van der Waals surface area contributed by atoms with Crippen molar-refractivity contribution in [3.8, 4) is 0 Å². The SMILES string of the molecule is O=C(Nc1ccccc1Cl)N(Cc1nnc2n1CCCCC2)c1ccccc1F. The van der Waals surface area contributed by atoms with Gasteiger partial charge in [-0.25, -0.2) is 9.18 Å². The molecule has 0 aliphatic carbocycles. The Kier molecular flexibility index (Phi) is 5.76. The first kappa shape index (κ1) is 19.4. The van der Waals surface area contributed by atoms with E-state index in [0.29, 0.717) is 16.5 Å². The fraction of sp³-hybridized carbons (Fsp3) is 0.286. The van der Waals surface area contributed by atoms with Gasteiger partial charge in [-0.05, 0) is 37.1 Å². The first-order valence-corrected chi connectivity index (χ1v) is 10.00. The number of hydrogen-bond acceptors (Lipinski definition) is 3. The van der Waals surface area contributed by atoms with E-state index < -0.39 is 11.8 Å². The zero-order valence-corrected chi connectivity index (χ0v) is 16.6. The Bertz CT molecular complexity index is 1020. The van der Waals surface area contributed by atoms with Crippen LogP contribution < -0.4 is 10.2 Å². The smallest absolute Gasteiger partial charge is 0.313 e. The van der Waals surface area contributed by atoms with E-state index in [1.54, 1.807) is 42.5 Å². The normalized spacial score (nSPS) is 13.4. The average Bonchev–Trinajstić information content (AvgIpc) is 2.94. The molecule has 6 nitrogen and oxygen atoms in total. The van der Waals surface area contributed by atoms with Gasteiger partial charge in [0.05, 0.1) is 22.9 Å². The second-order valence-corrected chi connectivity index (χ2v) is 7.35. The molecule has 0 unspecified atom stereocenters. The number of carbonyl (C=O) groups excluding carboxylic acids is 1. The van der Waals surface area contributed by atoms with Gasteiger partial charge < -0.3 is 9.88 Å². The Morgan fingerprint density at radius 2 is 1.90 bits per heavy atom. The van der Waals surface area contributed by atoms with Crippen LogP contribution in [0.3, 0.4) is 0 Å². The summed E-state index contributed by atoms with van der Waals surface area (Å²) in [6, 6.07) is 12.6. The molecule has 29 heavy (non-hydrogen) atoms. The van der Waals surface area contributed by atoms with Crippen LogP contribution in [0, 0.1) is 5.82 Å². The highest BCUT2D eigenvalue weighted by molar-refractivity contribution is 6.33.